The first-order valence-electron chi connectivity index (χ1n) is 8.79. The normalized spacial score (nSPS) is 10.8. The average molecular weight is 323 g/mol. The Labute approximate surface area is 146 Å². The fourth-order valence-electron chi connectivity index (χ4n) is 2.70. The molecule has 3 N–H and O–H groups in total. The lowest BCUT2D eigenvalue weighted by atomic mass is 9.97. The van der Waals surface area contributed by atoms with Crippen LogP contribution in [0.2, 0.25) is 0 Å². The minimum Gasteiger partial charge on any atom is -0.329 e. The fourth-order valence-corrected chi connectivity index (χ4v) is 2.70. The van der Waals surface area contributed by atoms with Crippen LogP contribution in [0.1, 0.15) is 18.1 Å². The lowest BCUT2D eigenvalue weighted by molar-refractivity contribution is 0.318. The van der Waals surface area contributed by atoms with Crippen LogP contribution in [-0.4, -0.2) is 44.2 Å². The topological polar surface area (TPSA) is 41.3 Å². The lowest BCUT2D eigenvalue weighted by Gasteiger charge is -2.20. The van der Waals surface area contributed by atoms with Gasteiger partial charge in [-0.15, -0.1) is 0 Å². The average Bonchev–Trinajstić information content (AvgIpc) is 2.65. The molecule has 0 unspecified atom stereocenters. The van der Waals surface area contributed by atoms with Crippen molar-refractivity contribution in [3.63, 3.8) is 0 Å². The van der Waals surface area contributed by atoms with E-state index < -0.39 is 0 Å². The molecule has 0 bridgehead atoms. The highest BCUT2D eigenvalue weighted by atomic mass is 15.1. The summed E-state index contributed by atoms with van der Waals surface area (Å²) in [6, 6.07) is 21.2. The second kappa shape index (κ2) is 10.8. The summed E-state index contributed by atoms with van der Waals surface area (Å²) in [5.41, 5.74) is 9.35. The number of rotatable bonds is 10. The zero-order valence-corrected chi connectivity index (χ0v) is 14.6. The molecule has 0 aliphatic rings. The third kappa shape index (κ3) is 5.93. The predicted octanol–water partition coefficient (Wildman–Crippen LogP) is 2.99. The van der Waals surface area contributed by atoms with Gasteiger partial charge in [0.15, 0.2) is 0 Å². The summed E-state index contributed by atoms with van der Waals surface area (Å²) in [6.45, 7) is 7.78. The summed E-state index contributed by atoms with van der Waals surface area (Å²) in [6.07, 6.45) is 2.34. The van der Waals surface area contributed by atoms with E-state index in [2.05, 4.69) is 83.9 Å². The van der Waals surface area contributed by atoms with E-state index in [1.54, 1.807) is 0 Å². The molecule has 0 heterocycles. The molecule has 0 atom stereocenters. The fraction of sp³-hybridized carbons (Fsp3) is 0.333. The number of hydrogen-bond donors (Lipinski definition) is 2. The monoisotopic (exact) mass is 323 g/mol. The number of nitrogens with one attached hydrogen (secondary N) is 1. The molecular weight excluding hydrogens is 294 g/mol. The minimum absolute atomic E-state index is 0.693. The van der Waals surface area contributed by atoms with Crippen molar-refractivity contribution in [2.75, 3.05) is 39.3 Å². The van der Waals surface area contributed by atoms with Gasteiger partial charge in [0.25, 0.3) is 0 Å². The zero-order chi connectivity index (χ0) is 17.0. The van der Waals surface area contributed by atoms with E-state index in [-0.39, 0.29) is 0 Å². The smallest absolute Gasteiger partial charge is 0.0172 e. The lowest BCUT2D eigenvalue weighted by Crippen LogP contribution is -2.34. The van der Waals surface area contributed by atoms with Gasteiger partial charge in [0.2, 0.25) is 0 Å². The molecule has 0 aliphatic heterocycles. The van der Waals surface area contributed by atoms with Crippen LogP contribution in [0.4, 0.5) is 0 Å². The standard InChI is InChI=1S/C21H29N3/c1-2-24(18-16-23-15-14-22)17-13-21(19-9-5-3-6-10-19)20-11-7-4-8-12-20/h3-13,23H,2,14-18,22H2,1H3. The van der Waals surface area contributed by atoms with Crippen molar-refractivity contribution in [2.24, 2.45) is 5.73 Å². The Hall–Kier alpha value is -1.94. The van der Waals surface area contributed by atoms with Crippen molar-refractivity contribution in [2.45, 2.75) is 6.92 Å². The van der Waals surface area contributed by atoms with E-state index in [1.807, 2.05) is 0 Å². The molecule has 128 valence electrons. The molecule has 2 aromatic carbocycles. The zero-order valence-electron chi connectivity index (χ0n) is 14.6. The summed E-state index contributed by atoms with van der Waals surface area (Å²) in [5.74, 6) is 0. The summed E-state index contributed by atoms with van der Waals surface area (Å²) in [4.78, 5) is 2.44. The van der Waals surface area contributed by atoms with Crippen molar-refractivity contribution >= 4 is 5.57 Å². The molecule has 0 radical (unpaired) electrons. The van der Waals surface area contributed by atoms with Crippen molar-refractivity contribution in [1.82, 2.24) is 10.2 Å². The first-order valence-corrected chi connectivity index (χ1v) is 8.79. The van der Waals surface area contributed by atoms with Gasteiger partial charge in [-0.1, -0.05) is 73.7 Å². The second-order valence-corrected chi connectivity index (χ2v) is 5.78. The van der Waals surface area contributed by atoms with Gasteiger partial charge in [0.05, 0.1) is 0 Å². The van der Waals surface area contributed by atoms with Crippen LogP contribution in [0.3, 0.4) is 0 Å². The summed E-state index contributed by atoms with van der Waals surface area (Å²) in [5, 5.41) is 3.36. The van der Waals surface area contributed by atoms with Crippen LogP contribution in [-0.2, 0) is 0 Å². The summed E-state index contributed by atoms with van der Waals surface area (Å²) in [7, 11) is 0. The maximum Gasteiger partial charge on any atom is 0.0172 e. The molecule has 0 saturated carbocycles. The maximum atomic E-state index is 5.52. The molecule has 24 heavy (non-hydrogen) atoms. The third-order valence-corrected chi connectivity index (χ3v) is 4.10. The number of likely N-dealkylation sites (N-methyl/N-ethyl adjacent to an activating group) is 1. The number of nitrogens with zero attached hydrogens (tertiary/aromatic N) is 1. The minimum atomic E-state index is 0.693. The molecule has 0 aromatic heterocycles. The van der Waals surface area contributed by atoms with Gasteiger partial charge in [-0.3, -0.25) is 4.90 Å². The van der Waals surface area contributed by atoms with E-state index in [0.717, 1.165) is 32.7 Å². The van der Waals surface area contributed by atoms with Crippen molar-refractivity contribution in [3.05, 3.63) is 77.9 Å². The first kappa shape index (κ1) is 18.4. The molecule has 3 heteroatoms. The Bertz CT molecular complexity index is 551. The van der Waals surface area contributed by atoms with Gasteiger partial charge < -0.3 is 11.1 Å². The van der Waals surface area contributed by atoms with Gasteiger partial charge in [-0.25, -0.2) is 0 Å². The largest absolute Gasteiger partial charge is 0.329 e. The highest BCUT2D eigenvalue weighted by molar-refractivity contribution is 5.79. The highest BCUT2D eigenvalue weighted by Gasteiger charge is 2.06. The Morgan fingerprint density at radius 3 is 2.04 bits per heavy atom. The predicted molar refractivity (Wildman–Crippen MR) is 104 cm³/mol. The Kier molecular flexibility index (Phi) is 8.25. The third-order valence-electron chi connectivity index (χ3n) is 4.10. The number of benzene rings is 2. The molecule has 0 spiro atoms. The molecule has 0 saturated heterocycles. The molecule has 2 rings (SSSR count). The van der Waals surface area contributed by atoms with E-state index in [0.29, 0.717) is 6.54 Å². The molecular formula is C21H29N3. The number of nitrogens with two attached hydrogens (primary N) is 1. The quantitative estimate of drug-likeness (QED) is 0.661. The maximum absolute atomic E-state index is 5.52. The van der Waals surface area contributed by atoms with Gasteiger partial charge in [-0.2, -0.15) is 0 Å². The van der Waals surface area contributed by atoms with Crippen LogP contribution in [0.5, 0.6) is 0 Å². The summed E-state index contributed by atoms with van der Waals surface area (Å²) >= 11 is 0. The van der Waals surface area contributed by atoms with Crippen LogP contribution in [0.15, 0.2) is 66.7 Å². The van der Waals surface area contributed by atoms with Crippen LogP contribution in [0.25, 0.3) is 5.57 Å². The highest BCUT2D eigenvalue weighted by Crippen LogP contribution is 2.23. The van der Waals surface area contributed by atoms with Gasteiger partial charge in [0.1, 0.15) is 0 Å². The first-order chi connectivity index (χ1) is 11.8. The molecule has 3 nitrogen and oxygen atoms in total. The van der Waals surface area contributed by atoms with Gasteiger partial charge in [-0.05, 0) is 23.2 Å². The molecule has 0 amide bonds. The summed E-state index contributed by atoms with van der Waals surface area (Å²) < 4.78 is 0. The van der Waals surface area contributed by atoms with E-state index in [4.69, 9.17) is 5.73 Å². The van der Waals surface area contributed by atoms with E-state index in [9.17, 15) is 0 Å². The van der Waals surface area contributed by atoms with Gasteiger partial charge in [0, 0.05) is 32.7 Å². The SMILES string of the molecule is CCN(CC=C(c1ccccc1)c1ccccc1)CCNCCN. The van der Waals surface area contributed by atoms with E-state index >= 15 is 0 Å². The van der Waals surface area contributed by atoms with Crippen LogP contribution in [0, 0.1) is 0 Å². The number of hydrogen-bond acceptors (Lipinski definition) is 3. The Morgan fingerprint density at radius 2 is 1.54 bits per heavy atom. The van der Waals surface area contributed by atoms with Crippen molar-refractivity contribution in [3.8, 4) is 0 Å². The van der Waals surface area contributed by atoms with Crippen molar-refractivity contribution in [1.29, 1.82) is 0 Å². The van der Waals surface area contributed by atoms with Gasteiger partial charge >= 0.3 is 0 Å². The Balaban J connectivity index is 2.10. The van der Waals surface area contributed by atoms with Crippen LogP contribution >= 0.6 is 0 Å². The van der Waals surface area contributed by atoms with Crippen LogP contribution < -0.4 is 11.1 Å². The second-order valence-electron chi connectivity index (χ2n) is 5.78. The van der Waals surface area contributed by atoms with E-state index in [1.165, 1.54) is 16.7 Å². The molecule has 0 aliphatic carbocycles. The van der Waals surface area contributed by atoms with Crippen molar-refractivity contribution < 1.29 is 0 Å². The molecule has 2 aromatic rings. The Morgan fingerprint density at radius 1 is 0.958 bits per heavy atom. The molecule has 0 fully saturated rings.